The lowest BCUT2D eigenvalue weighted by Gasteiger charge is -2.31. The molecule has 0 spiro atoms. The van der Waals surface area contributed by atoms with Crippen molar-refractivity contribution in [3.8, 4) is 5.75 Å². The first kappa shape index (κ1) is 19.2. The minimum absolute atomic E-state index is 0.222. The topological polar surface area (TPSA) is 92.7 Å². The SMILES string of the molecule is O=C(Oc1cc(Cl)cc(Cl)c1)c1ccc(NC(=O)C2CCC2C(=O)O)cc1. The fraction of sp³-hybridized carbons (Fsp3) is 0.211. The van der Waals surface area contributed by atoms with Crippen molar-refractivity contribution >= 4 is 46.7 Å². The molecule has 3 rings (SSSR count). The summed E-state index contributed by atoms with van der Waals surface area (Å²) in [5.74, 6) is -2.84. The number of hydrogen-bond acceptors (Lipinski definition) is 4. The van der Waals surface area contributed by atoms with E-state index in [9.17, 15) is 14.4 Å². The second-order valence-corrected chi connectivity index (χ2v) is 7.06. The van der Waals surface area contributed by atoms with Crippen LogP contribution in [0.5, 0.6) is 5.75 Å². The average Bonchev–Trinajstić information content (AvgIpc) is 2.52. The monoisotopic (exact) mass is 407 g/mol. The van der Waals surface area contributed by atoms with E-state index in [0.29, 0.717) is 28.6 Å². The highest BCUT2D eigenvalue weighted by Crippen LogP contribution is 2.35. The van der Waals surface area contributed by atoms with Crippen molar-refractivity contribution in [2.75, 3.05) is 5.32 Å². The number of hydrogen-bond donors (Lipinski definition) is 2. The lowest BCUT2D eigenvalue weighted by molar-refractivity contribution is -0.151. The van der Waals surface area contributed by atoms with Crippen LogP contribution in [0.2, 0.25) is 10.0 Å². The van der Waals surface area contributed by atoms with Crippen molar-refractivity contribution in [2.45, 2.75) is 12.8 Å². The molecule has 2 atom stereocenters. The van der Waals surface area contributed by atoms with E-state index < -0.39 is 23.8 Å². The van der Waals surface area contributed by atoms with Crippen molar-refractivity contribution in [3.05, 3.63) is 58.1 Å². The number of halogens is 2. The Kier molecular flexibility index (Phi) is 5.68. The number of amides is 1. The molecule has 1 saturated carbocycles. The summed E-state index contributed by atoms with van der Waals surface area (Å²) in [5, 5.41) is 12.4. The molecule has 0 saturated heterocycles. The zero-order valence-corrected chi connectivity index (χ0v) is 15.5. The fourth-order valence-corrected chi connectivity index (χ4v) is 3.29. The number of carboxylic acids is 1. The zero-order chi connectivity index (χ0) is 19.6. The van der Waals surface area contributed by atoms with Crippen LogP contribution in [0.3, 0.4) is 0 Å². The molecule has 1 fully saturated rings. The molecule has 2 unspecified atom stereocenters. The van der Waals surface area contributed by atoms with Crippen molar-refractivity contribution in [1.29, 1.82) is 0 Å². The Morgan fingerprint density at radius 2 is 1.56 bits per heavy atom. The van der Waals surface area contributed by atoms with Gasteiger partial charge < -0.3 is 15.2 Å². The molecule has 0 aromatic heterocycles. The summed E-state index contributed by atoms with van der Waals surface area (Å²) in [7, 11) is 0. The maximum Gasteiger partial charge on any atom is 0.343 e. The molecule has 6 nitrogen and oxygen atoms in total. The van der Waals surface area contributed by atoms with E-state index >= 15 is 0 Å². The third kappa shape index (κ3) is 4.59. The van der Waals surface area contributed by atoms with E-state index in [0.717, 1.165) is 0 Å². The number of ether oxygens (including phenoxy) is 1. The molecule has 1 aliphatic carbocycles. The quantitative estimate of drug-likeness (QED) is 0.570. The van der Waals surface area contributed by atoms with E-state index in [2.05, 4.69) is 5.32 Å². The third-order valence-electron chi connectivity index (χ3n) is 4.36. The summed E-state index contributed by atoms with van der Waals surface area (Å²) in [6.07, 6.45) is 1.06. The predicted octanol–water partition coefficient (Wildman–Crippen LogP) is 4.26. The molecule has 0 radical (unpaired) electrons. The summed E-state index contributed by atoms with van der Waals surface area (Å²) in [6.45, 7) is 0. The zero-order valence-electron chi connectivity index (χ0n) is 13.9. The second-order valence-electron chi connectivity index (χ2n) is 6.19. The molecular weight excluding hydrogens is 393 g/mol. The van der Waals surface area contributed by atoms with E-state index in [1.807, 2.05) is 0 Å². The van der Waals surface area contributed by atoms with Crippen LogP contribution in [0.15, 0.2) is 42.5 Å². The lowest BCUT2D eigenvalue weighted by Crippen LogP contribution is -2.41. The summed E-state index contributed by atoms with van der Waals surface area (Å²) < 4.78 is 5.23. The second kappa shape index (κ2) is 7.98. The van der Waals surface area contributed by atoms with Crippen molar-refractivity contribution in [2.24, 2.45) is 11.8 Å². The van der Waals surface area contributed by atoms with E-state index in [-0.39, 0.29) is 17.2 Å². The summed E-state index contributed by atoms with van der Waals surface area (Å²) in [5.41, 5.74) is 0.745. The van der Waals surface area contributed by atoms with Gasteiger partial charge in [0, 0.05) is 15.7 Å². The maximum atomic E-state index is 12.2. The molecule has 0 aliphatic heterocycles. The molecule has 2 aromatic carbocycles. The highest BCUT2D eigenvalue weighted by molar-refractivity contribution is 6.34. The van der Waals surface area contributed by atoms with Gasteiger partial charge in [-0.25, -0.2) is 4.79 Å². The van der Waals surface area contributed by atoms with Crippen LogP contribution in [0, 0.1) is 11.8 Å². The van der Waals surface area contributed by atoms with E-state index in [4.69, 9.17) is 33.0 Å². The Morgan fingerprint density at radius 3 is 2.07 bits per heavy atom. The Balaban J connectivity index is 1.62. The van der Waals surface area contributed by atoms with Crippen LogP contribution in [0.25, 0.3) is 0 Å². The first-order valence-electron chi connectivity index (χ1n) is 8.15. The number of benzene rings is 2. The molecule has 2 N–H and O–H groups in total. The highest BCUT2D eigenvalue weighted by Gasteiger charge is 2.41. The molecule has 8 heteroatoms. The molecular formula is C19H15Cl2NO5. The number of rotatable bonds is 5. The number of carbonyl (C=O) groups is 3. The van der Waals surface area contributed by atoms with Gasteiger partial charge in [0.05, 0.1) is 17.4 Å². The van der Waals surface area contributed by atoms with Crippen LogP contribution in [0.1, 0.15) is 23.2 Å². The molecule has 27 heavy (non-hydrogen) atoms. The van der Waals surface area contributed by atoms with Gasteiger partial charge in [0.2, 0.25) is 5.91 Å². The van der Waals surface area contributed by atoms with Gasteiger partial charge in [-0.2, -0.15) is 0 Å². The van der Waals surface area contributed by atoms with Gasteiger partial charge in [-0.15, -0.1) is 0 Å². The minimum Gasteiger partial charge on any atom is -0.481 e. The molecule has 1 aliphatic rings. The van der Waals surface area contributed by atoms with Crippen molar-refractivity contribution < 1.29 is 24.2 Å². The van der Waals surface area contributed by atoms with Gasteiger partial charge in [0.25, 0.3) is 0 Å². The molecule has 140 valence electrons. The molecule has 0 heterocycles. The molecule has 2 aromatic rings. The largest absolute Gasteiger partial charge is 0.481 e. The lowest BCUT2D eigenvalue weighted by atomic mass is 9.73. The summed E-state index contributed by atoms with van der Waals surface area (Å²) in [6, 6.07) is 10.6. The van der Waals surface area contributed by atoms with Crippen molar-refractivity contribution in [1.82, 2.24) is 0 Å². The molecule has 0 bridgehead atoms. The Hall–Kier alpha value is -2.57. The van der Waals surface area contributed by atoms with Gasteiger partial charge in [0.15, 0.2) is 0 Å². The number of nitrogens with one attached hydrogen (secondary N) is 1. The summed E-state index contributed by atoms with van der Waals surface area (Å²) in [4.78, 5) is 35.3. The highest BCUT2D eigenvalue weighted by atomic mass is 35.5. The fourth-order valence-electron chi connectivity index (χ4n) is 2.79. The molecule has 1 amide bonds. The normalized spacial score (nSPS) is 18.3. The predicted molar refractivity (Wildman–Crippen MR) is 100 cm³/mol. The van der Waals surface area contributed by atoms with Crippen LogP contribution < -0.4 is 10.1 Å². The number of esters is 1. The standard InChI is InChI=1S/C19H15Cl2NO5/c20-11-7-12(21)9-14(8-11)27-19(26)10-1-3-13(4-2-10)22-17(23)15-5-6-16(15)18(24)25/h1-4,7-9,15-16H,5-6H2,(H,22,23)(H,24,25). The van der Waals surface area contributed by atoms with E-state index in [1.165, 1.54) is 30.3 Å². The van der Waals surface area contributed by atoms with Gasteiger partial charge in [-0.3, -0.25) is 9.59 Å². The Labute approximate surface area is 165 Å². The van der Waals surface area contributed by atoms with Crippen LogP contribution in [-0.2, 0) is 9.59 Å². The van der Waals surface area contributed by atoms with Crippen LogP contribution in [0.4, 0.5) is 5.69 Å². The van der Waals surface area contributed by atoms with Gasteiger partial charge in [-0.05, 0) is 55.3 Å². The number of carboxylic acid groups (broad SMARTS) is 1. The third-order valence-corrected chi connectivity index (χ3v) is 4.80. The van der Waals surface area contributed by atoms with Crippen LogP contribution >= 0.6 is 23.2 Å². The number of anilines is 1. The van der Waals surface area contributed by atoms with Gasteiger partial charge >= 0.3 is 11.9 Å². The van der Waals surface area contributed by atoms with Gasteiger partial charge in [-0.1, -0.05) is 23.2 Å². The van der Waals surface area contributed by atoms with Crippen LogP contribution in [-0.4, -0.2) is 23.0 Å². The Bertz CT molecular complexity index is 877. The number of aliphatic carboxylic acids is 1. The van der Waals surface area contributed by atoms with Gasteiger partial charge in [0.1, 0.15) is 5.75 Å². The minimum atomic E-state index is -0.958. The smallest absolute Gasteiger partial charge is 0.343 e. The summed E-state index contributed by atoms with van der Waals surface area (Å²) >= 11 is 11.7. The van der Waals surface area contributed by atoms with E-state index in [1.54, 1.807) is 12.1 Å². The average molecular weight is 408 g/mol. The first-order chi connectivity index (χ1) is 12.8. The number of carbonyl (C=O) groups excluding carboxylic acids is 2. The maximum absolute atomic E-state index is 12.2. The first-order valence-corrected chi connectivity index (χ1v) is 8.91. The van der Waals surface area contributed by atoms with Crippen molar-refractivity contribution in [3.63, 3.8) is 0 Å². The Morgan fingerprint density at radius 1 is 0.963 bits per heavy atom.